The summed E-state index contributed by atoms with van der Waals surface area (Å²) in [7, 11) is 1.57. The Bertz CT molecular complexity index is 421. The van der Waals surface area contributed by atoms with Crippen LogP contribution in [0.2, 0.25) is 0 Å². The third-order valence-electron chi connectivity index (χ3n) is 3.25. The molecule has 0 heterocycles. The van der Waals surface area contributed by atoms with Gasteiger partial charge in [-0.05, 0) is 37.1 Å². The third kappa shape index (κ3) is 6.12. The fourth-order valence-electron chi connectivity index (χ4n) is 2.05. The SMILES string of the molecule is COc1ccc(C(O)C(CCC(=O)O)NCCCO)cc1. The number of ether oxygens (including phenoxy) is 1. The number of aliphatic hydroxyl groups is 2. The van der Waals surface area contributed by atoms with E-state index in [0.717, 1.165) is 0 Å². The molecular weight excluding hydrogens is 274 g/mol. The molecule has 1 aromatic carbocycles. The van der Waals surface area contributed by atoms with Crippen LogP contribution in [0.25, 0.3) is 0 Å². The van der Waals surface area contributed by atoms with Crippen LogP contribution in [0, 0.1) is 0 Å². The summed E-state index contributed by atoms with van der Waals surface area (Å²) in [6, 6.07) is 6.64. The van der Waals surface area contributed by atoms with E-state index in [4.69, 9.17) is 14.9 Å². The van der Waals surface area contributed by atoms with Gasteiger partial charge in [0.05, 0.1) is 13.2 Å². The van der Waals surface area contributed by atoms with Gasteiger partial charge in [-0.25, -0.2) is 0 Å². The van der Waals surface area contributed by atoms with Gasteiger partial charge in [-0.15, -0.1) is 0 Å². The lowest BCUT2D eigenvalue weighted by molar-refractivity contribution is -0.137. The molecule has 4 N–H and O–H groups in total. The Labute approximate surface area is 124 Å². The number of aliphatic carboxylic acids is 1. The molecule has 2 atom stereocenters. The summed E-state index contributed by atoms with van der Waals surface area (Å²) in [6.45, 7) is 0.575. The second-order valence-electron chi connectivity index (χ2n) is 4.79. The average Bonchev–Trinajstić information content (AvgIpc) is 2.50. The van der Waals surface area contributed by atoms with Crippen molar-refractivity contribution in [2.24, 2.45) is 0 Å². The molecule has 0 fully saturated rings. The number of methoxy groups -OCH3 is 1. The molecule has 118 valence electrons. The Balaban J connectivity index is 2.70. The van der Waals surface area contributed by atoms with Crippen LogP contribution in [0.3, 0.4) is 0 Å². The van der Waals surface area contributed by atoms with Crippen molar-refractivity contribution in [2.75, 3.05) is 20.3 Å². The van der Waals surface area contributed by atoms with Crippen LogP contribution in [0.4, 0.5) is 0 Å². The molecule has 1 aromatic rings. The summed E-state index contributed by atoms with van der Waals surface area (Å²) in [6.07, 6.45) is 0.0330. The Morgan fingerprint density at radius 2 is 2.00 bits per heavy atom. The zero-order valence-corrected chi connectivity index (χ0v) is 12.2. The predicted octanol–water partition coefficient (Wildman–Crippen LogP) is 0.934. The molecular formula is C15H23NO5. The van der Waals surface area contributed by atoms with Gasteiger partial charge in [-0.2, -0.15) is 0 Å². The predicted molar refractivity (Wildman–Crippen MR) is 78.3 cm³/mol. The molecule has 0 radical (unpaired) electrons. The van der Waals surface area contributed by atoms with Crippen molar-refractivity contribution in [2.45, 2.75) is 31.4 Å². The fourth-order valence-corrected chi connectivity index (χ4v) is 2.05. The molecule has 0 aliphatic heterocycles. The zero-order chi connectivity index (χ0) is 15.7. The Kier molecular flexibility index (Phi) is 7.74. The molecule has 0 saturated carbocycles. The Morgan fingerprint density at radius 3 is 2.52 bits per heavy atom. The molecule has 21 heavy (non-hydrogen) atoms. The first-order valence-corrected chi connectivity index (χ1v) is 6.96. The monoisotopic (exact) mass is 297 g/mol. The van der Waals surface area contributed by atoms with E-state index in [1.807, 2.05) is 0 Å². The molecule has 0 aliphatic rings. The third-order valence-corrected chi connectivity index (χ3v) is 3.25. The Hall–Kier alpha value is -1.63. The molecule has 1 rings (SSSR count). The minimum atomic E-state index is -0.897. The number of carboxylic acids is 1. The molecule has 2 unspecified atom stereocenters. The van der Waals surface area contributed by atoms with Gasteiger partial charge in [0.1, 0.15) is 5.75 Å². The van der Waals surface area contributed by atoms with Crippen molar-refractivity contribution in [1.29, 1.82) is 0 Å². The van der Waals surface area contributed by atoms with E-state index in [1.165, 1.54) is 0 Å². The lowest BCUT2D eigenvalue weighted by atomic mass is 9.98. The standard InChI is InChI=1S/C15H23NO5/c1-21-12-5-3-11(4-6-12)15(20)13(7-8-14(18)19)16-9-2-10-17/h3-6,13,15-17,20H,2,7-10H2,1H3,(H,18,19). The van der Waals surface area contributed by atoms with E-state index < -0.39 is 12.1 Å². The summed E-state index contributed by atoms with van der Waals surface area (Å²) in [5.74, 6) is -0.202. The molecule has 0 amide bonds. The van der Waals surface area contributed by atoms with Gasteiger partial charge in [0.2, 0.25) is 0 Å². The number of rotatable bonds is 10. The molecule has 6 heteroatoms. The van der Waals surface area contributed by atoms with Crippen LogP contribution in [-0.4, -0.2) is 47.6 Å². The average molecular weight is 297 g/mol. The first-order chi connectivity index (χ1) is 10.1. The highest BCUT2D eigenvalue weighted by atomic mass is 16.5. The number of carboxylic acid groups (broad SMARTS) is 1. The molecule has 0 saturated heterocycles. The van der Waals surface area contributed by atoms with Crippen molar-refractivity contribution in [3.05, 3.63) is 29.8 Å². The van der Waals surface area contributed by atoms with Gasteiger partial charge >= 0.3 is 5.97 Å². The molecule has 0 bridgehead atoms. The lowest BCUT2D eigenvalue weighted by Gasteiger charge is -2.24. The quantitative estimate of drug-likeness (QED) is 0.480. The van der Waals surface area contributed by atoms with Crippen LogP contribution < -0.4 is 10.1 Å². The fraction of sp³-hybridized carbons (Fsp3) is 0.533. The van der Waals surface area contributed by atoms with Crippen LogP contribution in [-0.2, 0) is 4.79 Å². The highest BCUT2D eigenvalue weighted by molar-refractivity contribution is 5.66. The second-order valence-corrected chi connectivity index (χ2v) is 4.79. The summed E-state index contributed by atoms with van der Waals surface area (Å²) in [5.41, 5.74) is 0.697. The topological polar surface area (TPSA) is 99.0 Å². The van der Waals surface area contributed by atoms with E-state index in [1.54, 1.807) is 31.4 Å². The van der Waals surface area contributed by atoms with Gasteiger partial charge < -0.3 is 25.4 Å². The number of nitrogens with one attached hydrogen (secondary N) is 1. The van der Waals surface area contributed by atoms with Gasteiger partial charge in [0, 0.05) is 19.1 Å². The van der Waals surface area contributed by atoms with Crippen LogP contribution in [0.1, 0.15) is 30.9 Å². The lowest BCUT2D eigenvalue weighted by Crippen LogP contribution is -2.36. The number of benzene rings is 1. The van der Waals surface area contributed by atoms with Gasteiger partial charge in [-0.1, -0.05) is 12.1 Å². The minimum absolute atomic E-state index is 0.0238. The van der Waals surface area contributed by atoms with E-state index in [0.29, 0.717) is 30.7 Å². The van der Waals surface area contributed by atoms with E-state index in [9.17, 15) is 9.90 Å². The smallest absolute Gasteiger partial charge is 0.303 e. The maximum Gasteiger partial charge on any atom is 0.303 e. The molecule has 6 nitrogen and oxygen atoms in total. The van der Waals surface area contributed by atoms with E-state index >= 15 is 0 Å². The van der Waals surface area contributed by atoms with Gasteiger partial charge in [0.15, 0.2) is 0 Å². The summed E-state index contributed by atoms with van der Waals surface area (Å²) in [4.78, 5) is 10.7. The van der Waals surface area contributed by atoms with Crippen LogP contribution in [0.15, 0.2) is 24.3 Å². The zero-order valence-electron chi connectivity index (χ0n) is 12.2. The maximum atomic E-state index is 10.7. The number of aliphatic hydroxyl groups excluding tert-OH is 2. The van der Waals surface area contributed by atoms with E-state index in [2.05, 4.69) is 5.32 Å². The van der Waals surface area contributed by atoms with Crippen molar-refractivity contribution in [3.63, 3.8) is 0 Å². The number of hydrogen-bond acceptors (Lipinski definition) is 5. The minimum Gasteiger partial charge on any atom is -0.497 e. The summed E-state index contributed by atoms with van der Waals surface area (Å²) >= 11 is 0. The second kappa shape index (κ2) is 9.33. The Morgan fingerprint density at radius 1 is 1.33 bits per heavy atom. The van der Waals surface area contributed by atoms with Crippen molar-refractivity contribution in [1.82, 2.24) is 5.32 Å². The van der Waals surface area contributed by atoms with Crippen molar-refractivity contribution >= 4 is 5.97 Å². The largest absolute Gasteiger partial charge is 0.497 e. The highest BCUT2D eigenvalue weighted by Gasteiger charge is 2.21. The van der Waals surface area contributed by atoms with Crippen molar-refractivity contribution < 1.29 is 24.9 Å². The molecule has 0 aliphatic carbocycles. The van der Waals surface area contributed by atoms with Crippen molar-refractivity contribution in [3.8, 4) is 5.75 Å². The first-order valence-electron chi connectivity index (χ1n) is 6.96. The van der Waals surface area contributed by atoms with Gasteiger partial charge in [-0.3, -0.25) is 4.79 Å². The summed E-state index contributed by atoms with van der Waals surface area (Å²) in [5, 5.41) is 31.1. The molecule has 0 spiro atoms. The first kappa shape index (κ1) is 17.4. The summed E-state index contributed by atoms with van der Waals surface area (Å²) < 4.78 is 5.07. The van der Waals surface area contributed by atoms with Crippen LogP contribution >= 0.6 is 0 Å². The normalized spacial score (nSPS) is 13.7. The highest BCUT2D eigenvalue weighted by Crippen LogP contribution is 2.22. The van der Waals surface area contributed by atoms with Gasteiger partial charge in [0.25, 0.3) is 0 Å². The van der Waals surface area contributed by atoms with E-state index in [-0.39, 0.29) is 19.1 Å². The molecule has 0 aromatic heterocycles. The van der Waals surface area contributed by atoms with Crippen LogP contribution in [0.5, 0.6) is 5.75 Å². The number of carbonyl (C=O) groups is 1. The maximum absolute atomic E-state index is 10.7. The number of hydrogen-bond donors (Lipinski definition) is 4.